The third-order valence-electron chi connectivity index (χ3n) is 8.98. The molecule has 1 N–H and O–H groups in total. The molecule has 38 heavy (non-hydrogen) atoms. The van der Waals surface area contributed by atoms with Gasteiger partial charge in [0.15, 0.2) is 0 Å². The number of aliphatic hydroxyl groups excluding tert-OH is 1. The van der Waals surface area contributed by atoms with Crippen LogP contribution in [0.25, 0.3) is 11.3 Å². The highest BCUT2D eigenvalue weighted by atomic mass is 16.3. The number of fused-ring (bicyclic) bond motifs is 3. The van der Waals surface area contributed by atoms with Crippen LogP contribution in [0, 0.1) is 22.7 Å². The topological polar surface area (TPSA) is 61.8 Å². The van der Waals surface area contributed by atoms with E-state index in [1.54, 1.807) is 0 Å². The van der Waals surface area contributed by atoms with Gasteiger partial charge in [0.2, 0.25) is 0 Å². The van der Waals surface area contributed by atoms with Gasteiger partial charge in [0.25, 0.3) is 0 Å². The van der Waals surface area contributed by atoms with Crippen molar-refractivity contribution >= 4 is 0 Å². The molecule has 3 aromatic carbocycles. The Bertz CT molecular complexity index is 1470. The predicted octanol–water partition coefficient (Wildman–Crippen LogP) is 6.20. The van der Waals surface area contributed by atoms with E-state index in [2.05, 4.69) is 85.8 Å². The molecule has 2 aliphatic rings. The number of aromatic nitrogens is 2. The minimum absolute atomic E-state index is 0.105. The average Bonchev–Trinajstić information content (AvgIpc) is 3.29. The molecule has 0 radical (unpaired) electrons. The molecule has 2 aliphatic carbocycles. The first kappa shape index (κ1) is 24.4. The molecule has 190 valence electrons. The largest absolute Gasteiger partial charge is 0.387 e. The van der Waals surface area contributed by atoms with Crippen molar-refractivity contribution in [3.63, 3.8) is 0 Å². The number of benzene rings is 3. The SMILES string of the molecule is Cn1nc2c(c1-c1ccccc1)CC[C@H]1C(Cc3ccccc3)(Cc3ccccc3)C(O)C(C#N)=C[C@]21C. The van der Waals surface area contributed by atoms with Crippen molar-refractivity contribution in [2.45, 2.75) is 44.1 Å². The van der Waals surface area contributed by atoms with Crippen molar-refractivity contribution in [3.8, 4) is 17.3 Å². The summed E-state index contributed by atoms with van der Waals surface area (Å²) in [5, 5.41) is 27.5. The Morgan fingerprint density at radius 2 is 1.47 bits per heavy atom. The Hall–Kier alpha value is -3.94. The smallest absolute Gasteiger partial charge is 0.0971 e. The van der Waals surface area contributed by atoms with E-state index < -0.39 is 16.9 Å². The van der Waals surface area contributed by atoms with Gasteiger partial charge < -0.3 is 5.11 Å². The number of rotatable bonds is 5. The molecule has 4 nitrogen and oxygen atoms in total. The number of allylic oxidation sites excluding steroid dienone is 1. The molecule has 0 spiro atoms. The number of aryl methyl sites for hydroxylation is 1. The summed E-state index contributed by atoms with van der Waals surface area (Å²) in [6, 6.07) is 33.7. The van der Waals surface area contributed by atoms with E-state index in [1.165, 1.54) is 16.7 Å². The molecule has 0 amide bonds. The van der Waals surface area contributed by atoms with E-state index in [9.17, 15) is 10.4 Å². The van der Waals surface area contributed by atoms with Crippen LogP contribution in [-0.4, -0.2) is 21.0 Å². The van der Waals surface area contributed by atoms with Gasteiger partial charge in [-0.25, -0.2) is 0 Å². The summed E-state index contributed by atoms with van der Waals surface area (Å²) in [5.74, 6) is 0.105. The summed E-state index contributed by atoms with van der Waals surface area (Å²) in [6.07, 6.45) is 4.37. The van der Waals surface area contributed by atoms with Crippen molar-refractivity contribution in [3.05, 3.63) is 125 Å². The van der Waals surface area contributed by atoms with E-state index in [4.69, 9.17) is 5.10 Å². The third-order valence-corrected chi connectivity index (χ3v) is 8.98. The second-order valence-electron chi connectivity index (χ2n) is 11.2. The molecular formula is C34H33N3O. The van der Waals surface area contributed by atoms with Gasteiger partial charge in [-0.3, -0.25) is 4.68 Å². The van der Waals surface area contributed by atoms with Crippen molar-refractivity contribution in [2.24, 2.45) is 18.4 Å². The summed E-state index contributed by atoms with van der Waals surface area (Å²) < 4.78 is 2.01. The number of hydrogen-bond acceptors (Lipinski definition) is 3. The highest BCUT2D eigenvalue weighted by molar-refractivity contribution is 5.67. The number of hydrogen-bond donors (Lipinski definition) is 1. The van der Waals surface area contributed by atoms with Crippen LogP contribution in [0.4, 0.5) is 0 Å². The first-order valence-corrected chi connectivity index (χ1v) is 13.5. The second kappa shape index (κ2) is 9.42. The van der Waals surface area contributed by atoms with Crippen LogP contribution >= 0.6 is 0 Å². The quantitative estimate of drug-likeness (QED) is 0.355. The van der Waals surface area contributed by atoms with Gasteiger partial charge in [0, 0.05) is 29.0 Å². The number of aliphatic hydroxyl groups is 1. The minimum atomic E-state index is -0.857. The highest BCUT2D eigenvalue weighted by Gasteiger charge is 2.59. The molecule has 1 aromatic heterocycles. The summed E-state index contributed by atoms with van der Waals surface area (Å²) in [5.41, 5.74) is 6.39. The minimum Gasteiger partial charge on any atom is -0.387 e. The average molecular weight is 500 g/mol. The Kier molecular flexibility index (Phi) is 6.05. The lowest BCUT2D eigenvalue weighted by Crippen LogP contribution is -2.57. The van der Waals surface area contributed by atoms with Crippen LogP contribution in [0.15, 0.2) is 103 Å². The molecule has 4 aromatic rings. The zero-order valence-corrected chi connectivity index (χ0v) is 22.0. The van der Waals surface area contributed by atoms with Gasteiger partial charge in [-0.1, -0.05) is 104 Å². The first-order valence-electron chi connectivity index (χ1n) is 13.5. The second-order valence-corrected chi connectivity index (χ2v) is 11.2. The van der Waals surface area contributed by atoms with Gasteiger partial charge in [0.1, 0.15) is 0 Å². The lowest BCUT2D eigenvalue weighted by molar-refractivity contribution is -0.0381. The van der Waals surface area contributed by atoms with E-state index in [0.29, 0.717) is 18.4 Å². The fraction of sp³-hybridized carbons (Fsp3) is 0.294. The Balaban J connectivity index is 1.56. The van der Waals surface area contributed by atoms with Crippen LogP contribution in [0.5, 0.6) is 0 Å². The van der Waals surface area contributed by atoms with E-state index in [-0.39, 0.29) is 5.92 Å². The van der Waals surface area contributed by atoms with E-state index >= 15 is 0 Å². The predicted molar refractivity (Wildman–Crippen MR) is 150 cm³/mol. The molecule has 6 rings (SSSR count). The van der Waals surface area contributed by atoms with Gasteiger partial charge in [-0.2, -0.15) is 10.4 Å². The maximum atomic E-state index is 12.0. The summed E-state index contributed by atoms with van der Waals surface area (Å²) in [7, 11) is 2.02. The Morgan fingerprint density at radius 3 is 2.03 bits per heavy atom. The zero-order chi connectivity index (χ0) is 26.3. The zero-order valence-electron chi connectivity index (χ0n) is 22.0. The molecule has 3 atom stereocenters. The first-order chi connectivity index (χ1) is 18.5. The van der Waals surface area contributed by atoms with Gasteiger partial charge in [0.05, 0.1) is 29.1 Å². The summed E-state index contributed by atoms with van der Waals surface area (Å²) in [6.45, 7) is 2.24. The fourth-order valence-electron chi connectivity index (χ4n) is 7.45. The van der Waals surface area contributed by atoms with Crippen LogP contribution in [0.2, 0.25) is 0 Å². The van der Waals surface area contributed by atoms with E-state index in [0.717, 1.165) is 29.8 Å². The summed E-state index contributed by atoms with van der Waals surface area (Å²) >= 11 is 0. The Morgan fingerprint density at radius 1 is 0.921 bits per heavy atom. The number of nitrogens with zero attached hydrogens (tertiary/aromatic N) is 3. The maximum Gasteiger partial charge on any atom is 0.0971 e. The molecule has 1 unspecified atom stereocenters. The molecule has 0 fully saturated rings. The van der Waals surface area contributed by atoms with Crippen molar-refractivity contribution < 1.29 is 5.11 Å². The van der Waals surface area contributed by atoms with E-state index in [1.807, 2.05) is 36.0 Å². The van der Waals surface area contributed by atoms with Crippen LogP contribution in [0.3, 0.4) is 0 Å². The summed E-state index contributed by atoms with van der Waals surface area (Å²) in [4.78, 5) is 0. The molecular weight excluding hydrogens is 466 g/mol. The van der Waals surface area contributed by atoms with Gasteiger partial charge in [-0.05, 0) is 42.7 Å². The molecule has 0 saturated heterocycles. The molecule has 0 saturated carbocycles. The van der Waals surface area contributed by atoms with Crippen LogP contribution in [-0.2, 0) is 31.7 Å². The highest BCUT2D eigenvalue weighted by Crippen LogP contribution is 2.59. The van der Waals surface area contributed by atoms with Gasteiger partial charge in [-0.15, -0.1) is 0 Å². The molecule has 4 heteroatoms. The number of nitriles is 1. The van der Waals surface area contributed by atoms with Crippen LogP contribution < -0.4 is 0 Å². The molecule has 1 heterocycles. The Labute approximate surface area is 224 Å². The molecule has 0 bridgehead atoms. The monoisotopic (exact) mass is 499 g/mol. The van der Waals surface area contributed by atoms with Crippen LogP contribution in [0.1, 0.15) is 35.7 Å². The molecule has 0 aliphatic heterocycles. The van der Waals surface area contributed by atoms with Gasteiger partial charge >= 0.3 is 0 Å². The fourth-order valence-corrected chi connectivity index (χ4v) is 7.45. The lowest BCUT2D eigenvalue weighted by atomic mass is 9.48. The normalized spacial score (nSPS) is 23.6. The maximum absolute atomic E-state index is 12.0. The lowest BCUT2D eigenvalue weighted by Gasteiger charge is -2.56. The standard InChI is InChI=1S/C34H33N3O/c1-33-22-27(23-35)32(38)34(20-24-12-6-3-7-13-24,21-25-14-8-4-9-15-25)29(33)19-18-28-30(37(2)36-31(28)33)26-16-10-5-11-17-26/h3-17,22,29,32,38H,18-21H2,1-2H3/t29-,32?,33+/m1/s1. The van der Waals surface area contributed by atoms with Crippen molar-refractivity contribution in [2.75, 3.05) is 0 Å². The van der Waals surface area contributed by atoms with Crippen molar-refractivity contribution in [1.82, 2.24) is 9.78 Å². The third kappa shape index (κ3) is 3.81. The van der Waals surface area contributed by atoms with Crippen molar-refractivity contribution in [1.29, 1.82) is 5.26 Å².